The number of rotatable bonds is 4. The summed E-state index contributed by atoms with van der Waals surface area (Å²) in [5.74, 6) is -1.55. The third-order valence-corrected chi connectivity index (χ3v) is 3.70. The monoisotopic (exact) mass is 295 g/mol. The van der Waals surface area contributed by atoms with E-state index in [0.717, 1.165) is 18.9 Å². The quantitative estimate of drug-likeness (QED) is 0.875. The van der Waals surface area contributed by atoms with Crippen molar-refractivity contribution in [2.24, 2.45) is 0 Å². The number of benzene rings is 1. The molecule has 0 bridgehead atoms. The minimum absolute atomic E-state index is 0.0689. The molecular weight excluding hydrogens is 280 g/mol. The van der Waals surface area contributed by atoms with Gasteiger partial charge < -0.3 is 15.5 Å². The van der Waals surface area contributed by atoms with Crippen LogP contribution in [0.3, 0.4) is 0 Å². The number of nitrogens with zero attached hydrogens (tertiary/aromatic N) is 1. The molecule has 1 aromatic rings. The normalized spacial score (nSPS) is 20.9. The third-order valence-electron chi connectivity index (χ3n) is 3.70. The van der Waals surface area contributed by atoms with Crippen molar-refractivity contribution >= 4 is 11.9 Å². The van der Waals surface area contributed by atoms with Crippen LogP contribution in [0.4, 0.5) is 13.6 Å². The highest BCUT2D eigenvalue weighted by molar-refractivity contribution is 5.90. The number of nitrogens with one attached hydrogen (secondary N) is 2. The van der Waals surface area contributed by atoms with Gasteiger partial charge in [0.05, 0.1) is 0 Å². The Kier molecular flexibility index (Phi) is 3.48. The highest BCUT2D eigenvalue weighted by atomic mass is 19.1. The summed E-state index contributed by atoms with van der Waals surface area (Å²) in [5, 5.41) is 5.06. The van der Waals surface area contributed by atoms with E-state index in [1.54, 1.807) is 4.90 Å². The predicted molar refractivity (Wildman–Crippen MR) is 70.3 cm³/mol. The summed E-state index contributed by atoms with van der Waals surface area (Å²) in [6.07, 6.45) is 1.73. The van der Waals surface area contributed by atoms with Crippen LogP contribution in [0.2, 0.25) is 0 Å². The number of urea groups is 1. The number of hydrogen-bond acceptors (Lipinski definition) is 2. The highest BCUT2D eigenvalue weighted by Crippen LogP contribution is 2.29. The predicted octanol–water partition coefficient (Wildman–Crippen LogP) is 1.14. The van der Waals surface area contributed by atoms with Gasteiger partial charge in [-0.15, -0.1) is 0 Å². The fourth-order valence-corrected chi connectivity index (χ4v) is 2.41. The van der Waals surface area contributed by atoms with Gasteiger partial charge in [-0.3, -0.25) is 4.79 Å². The first-order valence-electron chi connectivity index (χ1n) is 6.83. The van der Waals surface area contributed by atoms with E-state index in [0.29, 0.717) is 0 Å². The van der Waals surface area contributed by atoms with E-state index < -0.39 is 17.7 Å². The highest BCUT2D eigenvalue weighted by Gasteiger charge is 2.38. The van der Waals surface area contributed by atoms with Gasteiger partial charge in [-0.25, -0.2) is 13.6 Å². The van der Waals surface area contributed by atoms with Crippen LogP contribution in [0.1, 0.15) is 18.4 Å². The van der Waals surface area contributed by atoms with Crippen molar-refractivity contribution in [1.29, 1.82) is 0 Å². The molecule has 0 spiro atoms. The summed E-state index contributed by atoms with van der Waals surface area (Å²) in [4.78, 5) is 25.1. The molecule has 112 valence electrons. The summed E-state index contributed by atoms with van der Waals surface area (Å²) in [6, 6.07) is 2.40. The van der Waals surface area contributed by atoms with E-state index in [9.17, 15) is 18.4 Å². The van der Waals surface area contributed by atoms with Crippen molar-refractivity contribution in [1.82, 2.24) is 15.5 Å². The van der Waals surface area contributed by atoms with Crippen molar-refractivity contribution in [2.45, 2.75) is 31.5 Å². The fraction of sp³-hybridized carbons (Fsp3) is 0.429. The van der Waals surface area contributed by atoms with E-state index in [1.165, 1.54) is 12.1 Å². The lowest BCUT2D eigenvalue weighted by molar-refractivity contribution is -0.133. The molecule has 1 saturated heterocycles. The lowest BCUT2D eigenvalue weighted by Gasteiger charge is -2.25. The van der Waals surface area contributed by atoms with Crippen LogP contribution in [0, 0.1) is 11.6 Å². The average Bonchev–Trinajstić information content (AvgIpc) is 3.18. The molecule has 1 aromatic carbocycles. The number of halogens is 2. The maximum atomic E-state index is 13.7. The average molecular weight is 295 g/mol. The number of carbonyl (C=O) groups excluding carboxylic acids is 2. The van der Waals surface area contributed by atoms with Gasteiger partial charge in [0.15, 0.2) is 0 Å². The van der Waals surface area contributed by atoms with E-state index in [-0.39, 0.29) is 36.6 Å². The van der Waals surface area contributed by atoms with Crippen LogP contribution < -0.4 is 10.6 Å². The number of hydrogen-bond donors (Lipinski definition) is 2. The Morgan fingerprint density at radius 1 is 1.33 bits per heavy atom. The van der Waals surface area contributed by atoms with E-state index >= 15 is 0 Å². The van der Waals surface area contributed by atoms with Gasteiger partial charge in [0.2, 0.25) is 5.91 Å². The summed E-state index contributed by atoms with van der Waals surface area (Å²) in [5.41, 5.74) is 0.272. The van der Waals surface area contributed by atoms with Crippen LogP contribution in [0.25, 0.3) is 0 Å². The standard InChI is InChI=1S/C14H15F2N3O2/c15-9-2-1-8(11(16)5-9)7-19(10-3-4-10)13(20)12-6-17-14(21)18-12/h1-2,5,10,12H,3-4,6-7H2,(H2,17,18,21)/t12-/m1/s1. The van der Waals surface area contributed by atoms with Crippen LogP contribution >= 0.6 is 0 Å². The topological polar surface area (TPSA) is 61.4 Å². The molecule has 1 aliphatic heterocycles. The second-order valence-corrected chi connectivity index (χ2v) is 5.34. The van der Waals surface area contributed by atoms with Crippen LogP contribution in [0.5, 0.6) is 0 Å². The van der Waals surface area contributed by atoms with Crippen molar-refractivity contribution in [3.05, 3.63) is 35.4 Å². The molecule has 21 heavy (non-hydrogen) atoms. The van der Waals surface area contributed by atoms with Gasteiger partial charge in [-0.2, -0.15) is 0 Å². The van der Waals surface area contributed by atoms with E-state index in [1.807, 2.05) is 0 Å². The van der Waals surface area contributed by atoms with Crippen molar-refractivity contribution in [2.75, 3.05) is 6.54 Å². The zero-order chi connectivity index (χ0) is 15.0. The summed E-state index contributed by atoms with van der Waals surface area (Å²) >= 11 is 0. The molecule has 7 heteroatoms. The smallest absolute Gasteiger partial charge is 0.315 e. The molecule has 0 unspecified atom stereocenters. The zero-order valence-corrected chi connectivity index (χ0v) is 11.2. The Morgan fingerprint density at radius 3 is 2.67 bits per heavy atom. The summed E-state index contributed by atoms with van der Waals surface area (Å²) in [6.45, 7) is 0.314. The first kappa shape index (κ1) is 13.8. The Bertz CT molecular complexity index is 590. The van der Waals surface area contributed by atoms with Gasteiger partial charge in [-0.05, 0) is 18.9 Å². The van der Waals surface area contributed by atoms with Crippen molar-refractivity contribution in [3.63, 3.8) is 0 Å². The Balaban J connectivity index is 1.75. The minimum atomic E-state index is -0.665. The summed E-state index contributed by atoms with van der Waals surface area (Å²) in [7, 11) is 0. The van der Waals surface area contributed by atoms with E-state index in [2.05, 4.69) is 10.6 Å². The Morgan fingerprint density at radius 2 is 2.10 bits per heavy atom. The second-order valence-electron chi connectivity index (χ2n) is 5.34. The molecule has 3 rings (SSSR count). The molecule has 0 aromatic heterocycles. The van der Waals surface area contributed by atoms with Gasteiger partial charge in [0.1, 0.15) is 17.7 Å². The molecule has 1 saturated carbocycles. The van der Waals surface area contributed by atoms with Crippen molar-refractivity contribution < 1.29 is 18.4 Å². The van der Waals surface area contributed by atoms with E-state index in [4.69, 9.17) is 0 Å². The number of amides is 3. The fourth-order valence-electron chi connectivity index (χ4n) is 2.41. The van der Waals surface area contributed by atoms with Gasteiger partial charge in [-0.1, -0.05) is 6.07 Å². The van der Waals surface area contributed by atoms with Gasteiger partial charge in [0, 0.05) is 30.8 Å². The third kappa shape index (κ3) is 2.96. The van der Waals surface area contributed by atoms with Crippen LogP contribution in [0.15, 0.2) is 18.2 Å². The first-order valence-corrected chi connectivity index (χ1v) is 6.83. The molecule has 3 amide bonds. The number of carbonyl (C=O) groups is 2. The van der Waals surface area contributed by atoms with Crippen molar-refractivity contribution in [3.8, 4) is 0 Å². The molecule has 2 N–H and O–H groups in total. The molecule has 1 heterocycles. The molecule has 2 fully saturated rings. The van der Waals surface area contributed by atoms with Gasteiger partial charge in [0.25, 0.3) is 0 Å². The molecule has 5 nitrogen and oxygen atoms in total. The first-order chi connectivity index (χ1) is 10.0. The maximum Gasteiger partial charge on any atom is 0.315 e. The SMILES string of the molecule is O=C1NC[C@H](C(=O)N(Cc2ccc(F)cc2F)C2CC2)N1. The zero-order valence-electron chi connectivity index (χ0n) is 11.2. The Hall–Kier alpha value is -2.18. The van der Waals surface area contributed by atoms with Crippen LogP contribution in [-0.4, -0.2) is 35.5 Å². The molecule has 1 aliphatic carbocycles. The largest absolute Gasteiger partial charge is 0.336 e. The minimum Gasteiger partial charge on any atom is -0.336 e. The van der Waals surface area contributed by atoms with Crippen LogP contribution in [-0.2, 0) is 11.3 Å². The molecule has 0 radical (unpaired) electrons. The molecular formula is C14H15F2N3O2. The van der Waals surface area contributed by atoms with Gasteiger partial charge >= 0.3 is 6.03 Å². The molecule has 2 aliphatic rings. The maximum absolute atomic E-state index is 13.7. The molecule has 1 atom stereocenters. The summed E-state index contributed by atoms with van der Waals surface area (Å²) < 4.78 is 26.7. The Labute approximate surface area is 120 Å². The second kappa shape index (κ2) is 5.31. The lowest BCUT2D eigenvalue weighted by Crippen LogP contribution is -2.46. The lowest BCUT2D eigenvalue weighted by atomic mass is 10.1.